The van der Waals surface area contributed by atoms with Gasteiger partial charge in [0.25, 0.3) is 5.56 Å². The van der Waals surface area contributed by atoms with Crippen molar-refractivity contribution in [1.82, 2.24) is 9.55 Å². The third kappa shape index (κ3) is 9.31. The molecular weight excluding hydrogens is 640 g/mol. The summed E-state index contributed by atoms with van der Waals surface area (Å²) in [6.45, 7) is 4.10. The lowest BCUT2D eigenvalue weighted by molar-refractivity contribution is 0.107. The first kappa shape index (κ1) is 34.7. The van der Waals surface area contributed by atoms with E-state index in [2.05, 4.69) is 32.8 Å². The average molecular weight is 681 g/mol. The molecule has 258 valence electrons. The van der Waals surface area contributed by atoms with Crippen LogP contribution in [0, 0.1) is 0 Å². The quantitative estimate of drug-likeness (QED) is 0.0827. The van der Waals surface area contributed by atoms with Crippen molar-refractivity contribution in [3.8, 4) is 16.9 Å². The van der Waals surface area contributed by atoms with E-state index in [0.717, 1.165) is 29.5 Å². The van der Waals surface area contributed by atoms with Crippen LogP contribution >= 0.6 is 0 Å². The first-order chi connectivity index (χ1) is 25.1. The number of benzene rings is 4. The highest BCUT2D eigenvalue weighted by Gasteiger charge is 2.21. The number of amides is 2. The Balaban J connectivity index is 1.21. The number of carbonyl (C=O) groups excluding carboxylic acids is 1. The van der Waals surface area contributed by atoms with Gasteiger partial charge in [0.2, 0.25) is 0 Å². The molecule has 2 amide bonds. The largest absolute Gasteiger partial charge is 0.493 e. The molecule has 0 unspecified atom stereocenters. The minimum absolute atomic E-state index is 0.156. The van der Waals surface area contributed by atoms with Crippen LogP contribution in [-0.4, -0.2) is 28.8 Å². The smallest absolute Gasteiger partial charge is 0.323 e. The highest BCUT2D eigenvalue weighted by atomic mass is 16.5. The van der Waals surface area contributed by atoms with Crippen LogP contribution in [0.5, 0.6) is 5.75 Å². The number of urea groups is 1. The van der Waals surface area contributed by atoms with E-state index in [0.29, 0.717) is 66.7 Å². The molecule has 2 heterocycles. The molecule has 0 saturated carbocycles. The maximum absolute atomic E-state index is 14.2. The van der Waals surface area contributed by atoms with E-state index < -0.39 is 6.03 Å². The third-order valence-corrected chi connectivity index (χ3v) is 8.09. The number of hydrogen-bond donors (Lipinski definition) is 2. The number of aromatic nitrogens is 2. The SMILES string of the molecule is CCCCn1c(=O)c(NC(=O)Nc2ccc(N=Nc3ccccc3)cc2)c(-c2cccc(OCCCOCc3ccccc3)c2)c2cccnc21. The minimum atomic E-state index is -0.555. The van der Waals surface area contributed by atoms with Crippen molar-refractivity contribution in [3.05, 3.63) is 143 Å². The highest BCUT2D eigenvalue weighted by molar-refractivity contribution is 6.07. The van der Waals surface area contributed by atoms with Crippen molar-refractivity contribution >= 4 is 39.8 Å². The molecular formula is C41H40N6O4. The predicted octanol–water partition coefficient (Wildman–Crippen LogP) is 9.91. The average Bonchev–Trinajstić information content (AvgIpc) is 3.17. The molecule has 6 aromatic rings. The van der Waals surface area contributed by atoms with Gasteiger partial charge < -0.3 is 20.1 Å². The molecule has 0 radical (unpaired) electrons. The first-order valence-corrected chi connectivity index (χ1v) is 17.1. The van der Waals surface area contributed by atoms with Crippen molar-refractivity contribution in [3.63, 3.8) is 0 Å². The first-order valence-electron chi connectivity index (χ1n) is 17.1. The Morgan fingerprint density at radius 2 is 1.53 bits per heavy atom. The molecule has 10 nitrogen and oxygen atoms in total. The second kappa shape index (κ2) is 17.5. The molecule has 10 heteroatoms. The molecule has 0 aliphatic heterocycles. The maximum Gasteiger partial charge on any atom is 0.323 e. The second-order valence-corrected chi connectivity index (χ2v) is 11.9. The minimum Gasteiger partial charge on any atom is -0.493 e. The van der Waals surface area contributed by atoms with Gasteiger partial charge in [0, 0.05) is 35.8 Å². The lowest BCUT2D eigenvalue weighted by Gasteiger charge is -2.19. The topological polar surface area (TPSA) is 119 Å². The fraction of sp³-hybridized carbons (Fsp3) is 0.195. The molecule has 51 heavy (non-hydrogen) atoms. The van der Waals surface area contributed by atoms with E-state index in [4.69, 9.17) is 9.47 Å². The van der Waals surface area contributed by atoms with Crippen molar-refractivity contribution in [2.24, 2.45) is 10.2 Å². The van der Waals surface area contributed by atoms with Crippen molar-refractivity contribution in [2.75, 3.05) is 23.8 Å². The molecule has 0 saturated heterocycles. The Bertz CT molecular complexity index is 2130. The molecule has 0 aliphatic rings. The van der Waals surface area contributed by atoms with Crippen LogP contribution in [0.3, 0.4) is 0 Å². The summed E-state index contributed by atoms with van der Waals surface area (Å²) in [7, 11) is 0. The second-order valence-electron chi connectivity index (χ2n) is 11.9. The number of aryl methyl sites for hydroxylation is 1. The summed E-state index contributed by atoms with van der Waals surface area (Å²) >= 11 is 0. The van der Waals surface area contributed by atoms with Gasteiger partial charge in [0.05, 0.1) is 31.2 Å². The van der Waals surface area contributed by atoms with Crippen molar-refractivity contribution in [1.29, 1.82) is 0 Å². The Kier molecular flexibility index (Phi) is 11.9. The zero-order valence-corrected chi connectivity index (χ0v) is 28.5. The van der Waals surface area contributed by atoms with Crippen LogP contribution < -0.4 is 20.9 Å². The summed E-state index contributed by atoms with van der Waals surface area (Å²) in [5, 5.41) is 15.0. The summed E-state index contributed by atoms with van der Waals surface area (Å²) in [4.78, 5) is 32.3. The van der Waals surface area contributed by atoms with Gasteiger partial charge in [-0.3, -0.25) is 9.36 Å². The fourth-order valence-corrected chi connectivity index (χ4v) is 5.57. The molecule has 0 bridgehead atoms. The van der Waals surface area contributed by atoms with Crippen LogP contribution in [0.15, 0.2) is 143 Å². The van der Waals surface area contributed by atoms with Crippen LogP contribution in [0.2, 0.25) is 0 Å². The molecule has 6 rings (SSSR count). The van der Waals surface area contributed by atoms with E-state index >= 15 is 0 Å². The zero-order chi connectivity index (χ0) is 35.3. The Hall–Kier alpha value is -6.13. The lowest BCUT2D eigenvalue weighted by atomic mass is 10.00. The van der Waals surface area contributed by atoms with E-state index in [-0.39, 0.29) is 11.2 Å². The molecule has 0 spiro atoms. The van der Waals surface area contributed by atoms with Gasteiger partial charge in [0.1, 0.15) is 17.1 Å². The Morgan fingerprint density at radius 1 is 0.784 bits per heavy atom. The van der Waals surface area contributed by atoms with E-state index in [9.17, 15) is 9.59 Å². The van der Waals surface area contributed by atoms with E-state index in [1.807, 2.05) is 97.1 Å². The van der Waals surface area contributed by atoms with Crippen molar-refractivity contribution < 1.29 is 14.3 Å². The number of pyridine rings is 2. The van der Waals surface area contributed by atoms with Crippen LogP contribution in [0.25, 0.3) is 22.2 Å². The van der Waals surface area contributed by atoms with E-state index in [1.165, 1.54) is 0 Å². The van der Waals surface area contributed by atoms with Gasteiger partial charge >= 0.3 is 6.03 Å². The standard InChI is InChI=1S/C41H40N6O4/c1-2-3-25-47-39-36(19-11-24-42-39)37(31-15-10-18-35(28-31)51-27-12-26-50-29-30-13-6-4-7-14-30)38(40(47)48)44-41(49)43-32-20-22-34(23-21-32)46-45-33-16-8-5-9-17-33/h4-11,13-24,28H,2-3,12,25-27,29H2,1H3,(H2,43,44,49). The lowest BCUT2D eigenvalue weighted by Crippen LogP contribution is -2.30. The number of rotatable bonds is 15. The predicted molar refractivity (Wildman–Crippen MR) is 202 cm³/mol. The number of anilines is 2. The monoisotopic (exact) mass is 680 g/mol. The van der Waals surface area contributed by atoms with E-state index in [1.54, 1.807) is 35.0 Å². The third-order valence-electron chi connectivity index (χ3n) is 8.09. The van der Waals surface area contributed by atoms with Gasteiger partial charge in [-0.05, 0) is 78.2 Å². The molecule has 0 fully saturated rings. The van der Waals surface area contributed by atoms with Crippen molar-refractivity contribution in [2.45, 2.75) is 39.3 Å². The van der Waals surface area contributed by atoms with Gasteiger partial charge in [0.15, 0.2) is 0 Å². The molecule has 4 aromatic carbocycles. The summed E-state index contributed by atoms with van der Waals surface area (Å²) in [5.74, 6) is 0.641. The summed E-state index contributed by atoms with van der Waals surface area (Å²) < 4.78 is 13.5. The van der Waals surface area contributed by atoms with Gasteiger partial charge in [-0.1, -0.05) is 74.0 Å². The Labute approximate surface area is 296 Å². The number of fused-ring (bicyclic) bond motifs is 1. The Morgan fingerprint density at radius 3 is 2.29 bits per heavy atom. The molecule has 2 aromatic heterocycles. The zero-order valence-electron chi connectivity index (χ0n) is 28.5. The maximum atomic E-state index is 14.2. The summed E-state index contributed by atoms with van der Waals surface area (Å²) in [5.41, 5.74) is 4.70. The summed E-state index contributed by atoms with van der Waals surface area (Å²) in [6.07, 6.45) is 4.06. The summed E-state index contributed by atoms with van der Waals surface area (Å²) in [6, 6.07) is 37.2. The van der Waals surface area contributed by atoms with Gasteiger partial charge in [-0.15, -0.1) is 0 Å². The van der Waals surface area contributed by atoms with Crippen LogP contribution in [-0.2, 0) is 17.9 Å². The molecule has 0 aliphatic carbocycles. The van der Waals surface area contributed by atoms with Gasteiger partial charge in [-0.25, -0.2) is 9.78 Å². The van der Waals surface area contributed by atoms with Gasteiger partial charge in [-0.2, -0.15) is 10.2 Å². The number of hydrogen-bond acceptors (Lipinski definition) is 7. The number of unbranched alkanes of at least 4 members (excludes halogenated alkanes) is 1. The number of ether oxygens (including phenoxy) is 2. The van der Waals surface area contributed by atoms with Crippen LogP contribution in [0.4, 0.5) is 27.5 Å². The highest BCUT2D eigenvalue weighted by Crippen LogP contribution is 2.35. The normalized spacial score (nSPS) is 11.2. The fourth-order valence-electron chi connectivity index (χ4n) is 5.57. The number of nitrogens with zero attached hydrogens (tertiary/aromatic N) is 4. The molecule has 2 N–H and O–H groups in total. The number of nitrogens with one attached hydrogen (secondary N) is 2. The number of carbonyl (C=O) groups is 1. The number of azo groups is 1. The molecule has 0 atom stereocenters. The van der Waals surface area contributed by atoms with Crippen LogP contribution in [0.1, 0.15) is 31.7 Å².